The first-order chi connectivity index (χ1) is 7.70. The summed E-state index contributed by atoms with van der Waals surface area (Å²) in [5.74, 6) is 0.612. The maximum atomic E-state index is 12.1. The lowest BCUT2D eigenvalue weighted by Gasteiger charge is -2.16. The minimum atomic E-state index is 0.134. The van der Waals surface area contributed by atoms with Gasteiger partial charge in [0.2, 0.25) is 0 Å². The zero-order valence-electron chi connectivity index (χ0n) is 9.03. The van der Waals surface area contributed by atoms with Crippen LogP contribution in [0.4, 0.5) is 0 Å². The Morgan fingerprint density at radius 2 is 2.38 bits per heavy atom. The molecule has 0 unspecified atom stereocenters. The number of halogens is 1. The summed E-state index contributed by atoms with van der Waals surface area (Å²) in [6, 6.07) is 7.72. The van der Waals surface area contributed by atoms with Gasteiger partial charge in [0.1, 0.15) is 0 Å². The minimum absolute atomic E-state index is 0.134. The van der Waals surface area contributed by atoms with E-state index in [0.717, 1.165) is 28.6 Å². The van der Waals surface area contributed by atoms with Crippen LogP contribution in [0.2, 0.25) is 0 Å². The molecule has 1 aliphatic rings. The molecule has 2 rings (SSSR count). The van der Waals surface area contributed by atoms with Crippen molar-refractivity contribution in [3.8, 4) is 0 Å². The van der Waals surface area contributed by atoms with Crippen molar-refractivity contribution in [3.05, 3.63) is 33.4 Å². The van der Waals surface area contributed by atoms with Crippen molar-refractivity contribution >= 4 is 28.5 Å². The van der Waals surface area contributed by atoms with E-state index in [1.807, 2.05) is 29.2 Å². The molecule has 2 N–H and O–H groups in total. The zero-order chi connectivity index (χ0) is 11.5. The maximum Gasteiger partial charge on any atom is 0.253 e. The average molecular weight is 330 g/mol. The molecule has 0 aliphatic carbocycles. The molecule has 1 aromatic rings. The Bertz CT molecular complexity index is 394. The van der Waals surface area contributed by atoms with E-state index in [4.69, 9.17) is 5.73 Å². The number of carbonyl (C=O) groups is 1. The number of carbonyl (C=O) groups excluding carboxylic acids is 1. The van der Waals surface area contributed by atoms with Crippen molar-refractivity contribution in [3.63, 3.8) is 0 Å². The predicted molar refractivity (Wildman–Crippen MR) is 72.2 cm³/mol. The molecule has 1 fully saturated rings. The molecule has 4 heteroatoms. The van der Waals surface area contributed by atoms with Crippen molar-refractivity contribution in [2.45, 2.75) is 6.42 Å². The molecule has 86 valence electrons. The molecule has 0 aromatic heterocycles. The Morgan fingerprint density at radius 1 is 1.56 bits per heavy atom. The minimum Gasteiger partial charge on any atom is -0.338 e. The molecule has 0 bridgehead atoms. The van der Waals surface area contributed by atoms with Gasteiger partial charge in [0.05, 0.1) is 0 Å². The molecule has 3 nitrogen and oxygen atoms in total. The van der Waals surface area contributed by atoms with Gasteiger partial charge in [0.25, 0.3) is 5.91 Å². The summed E-state index contributed by atoms with van der Waals surface area (Å²) < 4.78 is 1.10. The van der Waals surface area contributed by atoms with E-state index < -0.39 is 0 Å². The van der Waals surface area contributed by atoms with Gasteiger partial charge in [-0.15, -0.1) is 0 Å². The Labute approximate surface area is 109 Å². The third kappa shape index (κ3) is 2.55. The third-order valence-corrected chi connectivity index (χ3v) is 3.65. The van der Waals surface area contributed by atoms with Crippen LogP contribution in [0.3, 0.4) is 0 Å². The summed E-state index contributed by atoms with van der Waals surface area (Å²) in [5, 5.41) is 0. The van der Waals surface area contributed by atoms with E-state index >= 15 is 0 Å². The van der Waals surface area contributed by atoms with Gasteiger partial charge < -0.3 is 10.6 Å². The highest BCUT2D eigenvalue weighted by molar-refractivity contribution is 14.1. The predicted octanol–water partition coefficient (Wildman–Crippen LogP) is 1.71. The molecule has 0 spiro atoms. The second-order valence-electron chi connectivity index (χ2n) is 4.15. The second-order valence-corrected chi connectivity index (χ2v) is 5.40. The monoisotopic (exact) mass is 330 g/mol. The van der Waals surface area contributed by atoms with Crippen molar-refractivity contribution in [1.82, 2.24) is 4.90 Å². The first-order valence-corrected chi connectivity index (χ1v) is 6.53. The van der Waals surface area contributed by atoms with Crippen LogP contribution in [0.5, 0.6) is 0 Å². The number of rotatable bonds is 2. The van der Waals surface area contributed by atoms with E-state index in [1.54, 1.807) is 0 Å². The first-order valence-electron chi connectivity index (χ1n) is 5.45. The lowest BCUT2D eigenvalue weighted by Crippen LogP contribution is -2.29. The fraction of sp³-hybridized carbons (Fsp3) is 0.417. The highest BCUT2D eigenvalue weighted by Crippen LogP contribution is 2.18. The number of likely N-dealkylation sites (tertiary alicyclic amines) is 1. The number of benzene rings is 1. The van der Waals surface area contributed by atoms with E-state index in [9.17, 15) is 4.79 Å². The summed E-state index contributed by atoms with van der Waals surface area (Å²) in [7, 11) is 0. The van der Waals surface area contributed by atoms with E-state index in [0.29, 0.717) is 12.5 Å². The molecule has 1 heterocycles. The van der Waals surface area contributed by atoms with Crippen LogP contribution in [0.15, 0.2) is 24.3 Å². The maximum absolute atomic E-state index is 12.1. The molecular weight excluding hydrogens is 315 g/mol. The highest BCUT2D eigenvalue weighted by Gasteiger charge is 2.25. The van der Waals surface area contributed by atoms with Gasteiger partial charge >= 0.3 is 0 Å². The first kappa shape index (κ1) is 11.9. The van der Waals surface area contributed by atoms with Crippen molar-refractivity contribution in [2.24, 2.45) is 11.7 Å². The summed E-state index contributed by atoms with van der Waals surface area (Å²) in [4.78, 5) is 14.0. The van der Waals surface area contributed by atoms with Crippen LogP contribution < -0.4 is 5.73 Å². The number of amides is 1. The summed E-state index contributed by atoms with van der Waals surface area (Å²) >= 11 is 2.22. The van der Waals surface area contributed by atoms with Gasteiger partial charge in [-0.2, -0.15) is 0 Å². The molecule has 0 radical (unpaired) electrons. The van der Waals surface area contributed by atoms with Gasteiger partial charge in [0, 0.05) is 22.2 Å². The standard InChI is InChI=1S/C12H15IN2O/c13-11-3-1-2-10(6-11)12(16)15-5-4-9(7-14)8-15/h1-3,6,9H,4-5,7-8,14H2/t9-/m0/s1. The van der Waals surface area contributed by atoms with Gasteiger partial charge in [-0.05, 0) is 59.7 Å². The van der Waals surface area contributed by atoms with Crippen LogP contribution in [-0.2, 0) is 0 Å². The van der Waals surface area contributed by atoms with Crippen LogP contribution >= 0.6 is 22.6 Å². The fourth-order valence-corrected chi connectivity index (χ4v) is 2.56. The molecule has 1 aromatic carbocycles. The van der Waals surface area contributed by atoms with Gasteiger partial charge in [-0.25, -0.2) is 0 Å². The van der Waals surface area contributed by atoms with E-state index in [2.05, 4.69) is 22.6 Å². The summed E-state index contributed by atoms with van der Waals surface area (Å²) in [6.07, 6.45) is 1.03. The largest absolute Gasteiger partial charge is 0.338 e. The molecule has 1 saturated heterocycles. The number of nitrogens with two attached hydrogens (primary N) is 1. The second kappa shape index (κ2) is 5.14. The summed E-state index contributed by atoms with van der Waals surface area (Å²) in [6.45, 7) is 2.32. The Balaban J connectivity index is 2.08. The highest BCUT2D eigenvalue weighted by atomic mass is 127. The quantitative estimate of drug-likeness (QED) is 0.840. The fourth-order valence-electron chi connectivity index (χ4n) is 2.01. The Hall–Kier alpha value is -0.620. The van der Waals surface area contributed by atoms with E-state index in [1.165, 1.54) is 0 Å². The molecule has 0 saturated carbocycles. The van der Waals surface area contributed by atoms with Crippen molar-refractivity contribution < 1.29 is 4.79 Å². The lowest BCUT2D eigenvalue weighted by atomic mass is 10.1. The number of hydrogen-bond donors (Lipinski definition) is 1. The molecule has 1 atom stereocenters. The van der Waals surface area contributed by atoms with Crippen molar-refractivity contribution in [2.75, 3.05) is 19.6 Å². The van der Waals surface area contributed by atoms with Gasteiger partial charge in [0.15, 0.2) is 0 Å². The Kier molecular flexibility index (Phi) is 3.81. The SMILES string of the molecule is NC[C@@H]1CCN(C(=O)c2cccc(I)c2)C1. The van der Waals surface area contributed by atoms with Crippen molar-refractivity contribution in [1.29, 1.82) is 0 Å². The Morgan fingerprint density at radius 3 is 3.00 bits per heavy atom. The van der Waals surface area contributed by atoms with Crippen LogP contribution in [0.1, 0.15) is 16.8 Å². The lowest BCUT2D eigenvalue weighted by molar-refractivity contribution is 0.0787. The molecular formula is C12H15IN2O. The molecule has 1 aliphatic heterocycles. The average Bonchev–Trinajstić information content (AvgIpc) is 2.76. The van der Waals surface area contributed by atoms with E-state index in [-0.39, 0.29) is 5.91 Å². The zero-order valence-corrected chi connectivity index (χ0v) is 11.2. The molecule has 1 amide bonds. The summed E-state index contributed by atoms with van der Waals surface area (Å²) in [5.41, 5.74) is 6.40. The normalized spacial score (nSPS) is 20.1. The van der Waals surface area contributed by atoms with Crippen LogP contribution in [0.25, 0.3) is 0 Å². The topological polar surface area (TPSA) is 46.3 Å². The third-order valence-electron chi connectivity index (χ3n) is 2.98. The number of nitrogens with zero attached hydrogens (tertiary/aromatic N) is 1. The van der Waals surface area contributed by atoms with Crippen LogP contribution in [-0.4, -0.2) is 30.4 Å². The molecule has 16 heavy (non-hydrogen) atoms. The van der Waals surface area contributed by atoms with Gasteiger partial charge in [-0.3, -0.25) is 4.79 Å². The van der Waals surface area contributed by atoms with Crippen LogP contribution in [0, 0.1) is 9.49 Å². The van der Waals surface area contributed by atoms with Gasteiger partial charge in [-0.1, -0.05) is 6.07 Å². The number of hydrogen-bond acceptors (Lipinski definition) is 2. The smallest absolute Gasteiger partial charge is 0.253 e.